The zero-order valence-electron chi connectivity index (χ0n) is 12.2. The van der Waals surface area contributed by atoms with E-state index in [2.05, 4.69) is 10.0 Å². The summed E-state index contributed by atoms with van der Waals surface area (Å²) in [5.74, 6) is 0.949. The van der Waals surface area contributed by atoms with Crippen LogP contribution in [-0.2, 0) is 16.4 Å². The van der Waals surface area contributed by atoms with E-state index < -0.39 is 10.0 Å². The molecule has 2 aliphatic rings. The van der Waals surface area contributed by atoms with Gasteiger partial charge in [0.25, 0.3) is 0 Å². The molecule has 0 amide bonds. The van der Waals surface area contributed by atoms with Gasteiger partial charge in [0.15, 0.2) is 0 Å². The van der Waals surface area contributed by atoms with E-state index in [-0.39, 0.29) is 5.92 Å². The molecule has 0 radical (unpaired) electrons. The van der Waals surface area contributed by atoms with Crippen LogP contribution in [0, 0.1) is 5.92 Å². The second-order valence-corrected chi connectivity index (χ2v) is 7.57. The Bertz CT molecular complexity index is 705. The van der Waals surface area contributed by atoms with E-state index >= 15 is 0 Å². The molecule has 0 aliphatic carbocycles. The average Bonchev–Trinajstić information content (AvgIpc) is 3.01. The molecule has 1 aromatic carbocycles. The molecule has 0 saturated carbocycles. The highest BCUT2D eigenvalue weighted by Crippen LogP contribution is 2.30. The Balaban J connectivity index is 1.73. The van der Waals surface area contributed by atoms with Crippen molar-refractivity contribution in [2.75, 3.05) is 26.2 Å². The van der Waals surface area contributed by atoms with E-state index in [4.69, 9.17) is 10.3 Å². The Morgan fingerprint density at radius 3 is 2.86 bits per heavy atom. The topological polar surface area (TPSA) is 95.4 Å². The van der Waals surface area contributed by atoms with Gasteiger partial charge >= 0.3 is 0 Å². The minimum atomic E-state index is -3.48. The highest BCUT2D eigenvalue weighted by molar-refractivity contribution is 7.89. The van der Waals surface area contributed by atoms with Crippen LogP contribution in [-0.4, -0.2) is 39.0 Å². The molecule has 0 bridgehead atoms. The zero-order chi connectivity index (χ0) is 15.6. The number of azide groups is 1. The summed E-state index contributed by atoms with van der Waals surface area (Å²) in [6.07, 6.45) is 2.28. The van der Waals surface area contributed by atoms with Crippen LogP contribution in [0.5, 0.6) is 5.75 Å². The van der Waals surface area contributed by atoms with Crippen LogP contribution in [0.4, 0.5) is 0 Å². The fourth-order valence-electron chi connectivity index (χ4n) is 2.94. The number of hydrogen-bond acceptors (Lipinski definition) is 4. The van der Waals surface area contributed by atoms with E-state index in [1.807, 2.05) is 6.07 Å². The van der Waals surface area contributed by atoms with Crippen LogP contribution in [0.1, 0.15) is 18.4 Å². The van der Waals surface area contributed by atoms with Gasteiger partial charge in [0.2, 0.25) is 10.0 Å². The van der Waals surface area contributed by atoms with Gasteiger partial charge in [0.05, 0.1) is 11.5 Å². The van der Waals surface area contributed by atoms with Gasteiger partial charge in [-0.1, -0.05) is 11.2 Å². The van der Waals surface area contributed by atoms with Crippen molar-refractivity contribution in [1.82, 2.24) is 4.31 Å². The molecule has 8 heteroatoms. The number of fused-ring (bicyclic) bond motifs is 1. The molecule has 0 unspecified atom stereocenters. The number of piperidine rings is 1. The lowest BCUT2D eigenvalue weighted by molar-refractivity contribution is 0.278. The summed E-state index contributed by atoms with van der Waals surface area (Å²) in [5, 5.41) is 3.58. The van der Waals surface area contributed by atoms with Crippen molar-refractivity contribution in [1.29, 1.82) is 0 Å². The summed E-state index contributed by atoms with van der Waals surface area (Å²) in [5.41, 5.74) is 9.41. The third-order valence-electron chi connectivity index (χ3n) is 4.28. The number of ether oxygens (including phenoxy) is 1. The van der Waals surface area contributed by atoms with Crippen LogP contribution in [0.25, 0.3) is 10.4 Å². The van der Waals surface area contributed by atoms with Crippen molar-refractivity contribution in [2.24, 2.45) is 11.0 Å². The maximum Gasteiger partial charge on any atom is 0.243 e. The first-order valence-electron chi connectivity index (χ1n) is 7.38. The van der Waals surface area contributed by atoms with Gasteiger partial charge in [-0.3, -0.25) is 0 Å². The van der Waals surface area contributed by atoms with Crippen molar-refractivity contribution in [2.45, 2.75) is 24.2 Å². The molecule has 0 aromatic heterocycles. The van der Waals surface area contributed by atoms with Gasteiger partial charge in [-0.05, 0) is 35.9 Å². The Labute approximate surface area is 129 Å². The summed E-state index contributed by atoms with van der Waals surface area (Å²) in [6.45, 7) is 1.98. The summed E-state index contributed by atoms with van der Waals surface area (Å²) in [4.78, 5) is 3.05. The first kappa shape index (κ1) is 15.1. The molecule has 118 valence electrons. The van der Waals surface area contributed by atoms with E-state index in [9.17, 15) is 8.42 Å². The van der Waals surface area contributed by atoms with Crippen molar-refractivity contribution < 1.29 is 13.2 Å². The minimum absolute atomic E-state index is 0.269. The lowest BCUT2D eigenvalue weighted by Gasteiger charge is -2.30. The lowest BCUT2D eigenvalue weighted by atomic mass is 9.99. The van der Waals surface area contributed by atoms with Crippen molar-refractivity contribution in [3.63, 3.8) is 0 Å². The molecule has 2 aliphatic heterocycles. The van der Waals surface area contributed by atoms with Gasteiger partial charge in [-0.15, -0.1) is 0 Å². The van der Waals surface area contributed by atoms with Gasteiger partial charge in [0, 0.05) is 37.0 Å². The normalized spacial score (nSPS) is 19.3. The molecule has 3 rings (SSSR count). The quantitative estimate of drug-likeness (QED) is 0.483. The molecule has 1 aromatic rings. The predicted octanol–water partition coefficient (Wildman–Crippen LogP) is 2.33. The van der Waals surface area contributed by atoms with Crippen LogP contribution in [0.3, 0.4) is 0 Å². The maximum absolute atomic E-state index is 12.7. The first-order valence-corrected chi connectivity index (χ1v) is 8.82. The summed E-state index contributed by atoms with van der Waals surface area (Å²) >= 11 is 0. The maximum atomic E-state index is 12.7. The van der Waals surface area contributed by atoms with E-state index in [1.54, 1.807) is 12.1 Å². The van der Waals surface area contributed by atoms with E-state index in [1.165, 1.54) is 4.31 Å². The van der Waals surface area contributed by atoms with Crippen LogP contribution < -0.4 is 4.74 Å². The second kappa shape index (κ2) is 6.16. The lowest BCUT2D eigenvalue weighted by Crippen LogP contribution is -2.39. The third-order valence-corrected chi connectivity index (χ3v) is 6.18. The van der Waals surface area contributed by atoms with Crippen molar-refractivity contribution in [3.05, 3.63) is 34.2 Å². The summed E-state index contributed by atoms with van der Waals surface area (Å²) in [6, 6.07) is 5.13. The van der Waals surface area contributed by atoms with Gasteiger partial charge in [0.1, 0.15) is 5.75 Å². The molecule has 0 spiro atoms. The largest absolute Gasteiger partial charge is 0.493 e. The van der Waals surface area contributed by atoms with Gasteiger partial charge in [-0.25, -0.2) is 8.42 Å². The number of nitrogens with zero attached hydrogens (tertiary/aromatic N) is 4. The summed E-state index contributed by atoms with van der Waals surface area (Å²) in [7, 11) is -3.48. The molecule has 7 nitrogen and oxygen atoms in total. The predicted molar refractivity (Wildman–Crippen MR) is 81.1 cm³/mol. The highest BCUT2D eigenvalue weighted by atomic mass is 32.2. The number of hydrogen-bond donors (Lipinski definition) is 0. The fourth-order valence-corrected chi connectivity index (χ4v) is 4.43. The third kappa shape index (κ3) is 2.90. The highest BCUT2D eigenvalue weighted by Gasteiger charge is 2.30. The standard InChI is InChI=1S/C14H18N4O3S/c15-17-16-10-11-3-6-18(7-4-11)22(19,20)13-2-1-12-5-8-21-14(12)9-13/h1-2,9,11H,3-8,10H2. The molecule has 0 N–H and O–H groups in total. The molecular formula is C14H18N4O3S. The SMILES string of the molecule is [N-]=[N+]=NCC1CCN(S(=O)(=O)c2ccc3c(c2)OCC3)CC1. The molecule has 1 fully saturated rings. The van der Waals surface area contributed by atoms with Crippen molar-refractivity contribution >= 4 is 10.0 Å². The smallest absolute Gasteiger partial charge is 0.243 e. The average molecular weight is 322 g/mol. The first-order chi connectivity index (χ1) is 10.6. The van der Waals surface area contributed by atoms with Crippen LogP contribution in [0.2, 0.25) is 0 Å². The Hall–Kier alpha value is -1.76. The Kier molecular flexibility index (Phi) is 4.24. The minimum Gasteiger partial charge on any atom is -0.493 e. The molecule has 2 heterocycles. The van der Waals surface area contributed by atoms with Gasteiger partial charge in [-0.2, -0.15) is 4.31 Å². The number of benzene rings is 1. The fraction of sp³-hybridized carbons (Fsp3) is 0.571. The van der Waals surface area contributed by atoms with E-state index in [0.29, 0.717) is 36.9 Å². The second-order valence-electron chi connectivity index (χ2n) is 5.63. The van der Waals surface area contributed by atoms with Crippen LogP contribution >= 0.6 is 0 Å². The Morgan fingerprint density at radius 1 is 1.36 bits per heavy atom. The molecular weight excluding hydrogens is 304 g/mol. The number of rotatable bonds is 4. The van der Waals surface area contributed by atoms with Crippen LogP contribution in [0.15, 0.2) is 28.2 Å². The molecule has 22 heavy (non-hydrogen) atoms. The van der Waals surface area contributed by atoms with Crippen molar-refractivity contribution in [3.8, 4) is 5.75 Å². The van der Waals surface area contributed by atoms with E-state index in [0.717, 1.165) is 24.8 Å². The number of sulfonamides is 1. The molecule has 0 atom stereocenters. The zero-order valence-corrected chi connectivity index (χ0v) is 13.0. The molecule has 1 saturated heterocycles. The van der Waals surface area contributed by atoms with Gasteiger partial charge < -0.3 is 4.74 Å². The summed E-state index contributed by atoms with van der Waals surface area (Å²) < 4.78 is 32.4. The Morgan fingerprint density at radius 2 is 2.14 bits per heavy atom. The monoisotopic (exact) mass is 322 g/mol.